The molecule has 2 nitrogen and oxygen atoms in total. The molecule has 0 saturated carbocycles. The van der Waals surface area contributed by atoms with E-state index in [0.717, 1.165) is 13.0 Å². The monoisotopic (exact) mass is 207 g/mol. The van der Waals surface area contributed by atoms with Crippen molar-refractivity contribution in [2.45, 2.75) is 39.3 Å². The molecule has 0 spiro atoms. The maximum Gasteiger partial charge on any atom is 0.0607 e. The number of rotatable bonds is 5. The largest absolute Gasteiger partial charge is 0.394 e. The Kier molecular flexibility index (Phi) is 4.30. The molecule has 15 heavy (non-hydrogen) atoms. The normalized spacial score (nSPS) is 11.7. The lowest BCUT2D eigenvalue weighted by Gasteiger charge is -2.24. The van der Waals surface area contributed by atoms with Gasteiger partial charge in [0.2, 0.25) is 0 Å². The molecule has 0 heterocycles. The van der Waals surface area contributed by atoms with Gasteiger partial charge in [0.05, 0.1) is 6.61 Å². The Labute approximate surface area is 92.3 Å². The lowest BCUT2D eigenvalue weighted by molar-refractivity contribution is 0.187. The van der Waals surface area contributed by atoms with Gasteiger partial charge in [-0.05, 0) is 31.4 Å². The fourth-order valence-electron chi connectivity index (χ4n) is 1.47. The molecule has 2 heteroatoms. The maximum atomic E-state index is 9.14. The fraction of sp³-hybridized carbons (Fsp3) is 0.538. The summed E-state index contributed by atoms with van der Waals surface area (Å²) in [5.74, 6) is 0. The number of hydrogen-bond acceptors (Lipinski definition) is 2. The van der Waals surface area contributed by atoms with Gasteiger partial charge in [0.1, 0.15) is 0 Å². The summed E-state index contributed by atoms with van der Waals surface area (Å²) < 4.78 is 0. The lowest BCUT2D eigenvalue weighted by Crippen LogP contribution is -2.42. The molecule has 0 aliphatic rings. The zero-order chi connectivity index (χ0) is 11.3. The molecule has 2 N–H and O–H groups in total. The number of aryl methyl sites for hydroxylation is 1. The van der Waals surface area contributed by atoms with Crippen LogP contribution in [0.1, 0.15) is 31.9 Å². The van der Waals surface area contributed by atoms with E-state index in [1.165, 1.54) is 11.1 Å². The molecule has 1 rings (SSSR count). The summed E-state index contributed by atoms with van der Waals surface area (Å²) in [6, 6.07) is 8.42. The first-order valence-corrected chi connectivity index (χ1v) is 5.51. The summed E-state index contributed by atoms with van der Waals surface area (Å²) in [6.45, 7) is 7.14. The van der Waals surface area contributed by atoms with Gasteiger partial charge >= 0.3 is 0 Å². The molecule has 0 atom stereocenters. The summed E-state index contributed by atoms with van der Waals surface area (Å²) in [5, 5.41) is 12.5. The van der Waals surface area contributed by atoms with Gasteiger partial charge in [-0.2, -0.15) is 0 Å². The Balaban J connectivity index is 2.65. The highest BCUT2D eigenvalue weighted by Crippen LogP contribution is 2.11. The third-order valence-electron chi connectivity index (χ3n) is 2.65. The molecule has 0 fully saturated rings. The third-order valence-corrected chi connectivity index (χ3v) is 2.65. The molecular formula is C13H21NO. The number of aliphatic hydroxyl groups is 1. The number of benzene rings is 1. The van der Waals surface area contributed by atoms with Crippen molar-refractivity contribution in [3.63, 3.8) is 0 Å². The van der Waals surface area contributed by atoms with Crippen LogP contribution >= 0.6 is 0 Å². The predicted octanol–water partition coefficient (Wildman–Crippen LogP) is 2.11. The van der Waals surface area contributed by atoms with Gasteiger partial charge < -0.3 is 10.4 Å². The molecular weight excluding hydrogens is 186 g/mol. The molecule has 0 unspecified atom stereocenters. The highest BCUT2D eigenvalue weighted by atomic mass is 16.3. The Morgan fingerprint density at radius 3 is 2.33 bits per heavy atom. The van der Waals surface area contributed by atoms with Crippen LogP contribution in [0.3, 0.4) is 0 Å². The number of aliphatic hydroxyl groups excluding tert-OH is 1. The van der Waals surface area contributed by atoms with Crippen LogP contribution in [0.25, 0.3) is 0 Å². The van der Waals surface area contributed by atoms with Crippen molar-refractivity contribution in [1.82, 2.24) is 5.32 Å². The summed E-state index contributed by atoms with van der Waals surface area (Å²) >= 11 is 0. The molecule has 0 amide bonds. The van der Waals surface area contributed by atoms with Gasteiger partial charge in [-0.25, -0.2) is 0 Å². The van der Waals surface area contributed by atoms with Crippen molar-refractivity contribution in [3.05, 3.63) is 35.4 Å². The average Bonchev–Trinajstić information content (AvgIpc) is 2.27. The van der Waals surface area contributed by atoms with E-state index >= 15 is 0 Å². The molecule has 0 aromatic heterocycles. The van der Waals surface area contributed by atoms with Crippen LogP contribution in [-0.4, -0.2) is 17.3 Å². The SMILES string of the molecule is CCc1ccccc1CNC(C)(C)CO. The first-order valence-electron chi connectivity index (χ1n) is 5.51. The second-order valence-corrected chi connectivity index (χ2v) is 4.52. The Hall–Kier alpha value is -0.860. The predicted molar refractivity (Wildman–Crippen MR) is 63.8 cm³/mol. The van der Waals surface area contributed by atoms with Crippen molar-refractivity contribution in [2.75, 3.05) is 6.61 Å². The van der Waals surface area contributed by atoms with E-state index in [2.05, 4.69) is 36.5 Å². The lowest BCUT2D eigenvalue weighted by atomic mass is 10.0. The standard InChI is InChI=1S/C13H21NO/c1-4-11-7-5-6-8-12(11)9-14-13(2,3)10-15/h5-8,14-15H,4,9-10H2,1-3H3. The van der Waals surface area contributed by atoms with Crippen LogP contribution in [0.4, 0.5) is 0 Å². The topological polar surface area (TPSA) is 32.3 Å². The Bertz CT molecular complexity index is 307. The molecule has 0 aliphatic heterocycles. The molecule has 0 aliphatic carbocycles. The van der Waals surface area contributed by atoms with Crippen LogP contribution in [0, 0.1) is 0 Å². The summed E-state index contributed by atoms with van der Waals surface area (Å²) in [7, 11) is 0. The maximum absolute atomic E-state index is 9.14. The van der Waals surface area contributed by atoms with Crippen molar-refractivity contribution in [3.8, 4) is 0 Å². The Morgan fingerprint density at radius 2 is 1.80 bits per heavy atom. The van der Waals surface area contributed by atoms with Crippen molar-refractivity contribution >= 4 is 0 Å². The summed E-state index contributed by atoms with van der Waals surface area (Å²) in [4.78, 5) is 0. The molecule has 0 radical (unpaired) electrons. The first kappa shape index (κ1) is 12.2. The minimum atomic E-state index is -0.207. The van der Waals surface area contributed by atoms with Crippen LogP contribution in [0.15, 0.2) is 24.3 Å². The highest BCUT2D eigenvalue weighted by molar-refractivity contribution is 5.26. The molecule has 84 valence electrons. The molecule has 1 aromatic carbocycles. The first-order chi connectivity index (χ1) is 7.09. The van der Waals surface area contributed by atoms with E-state index in [1.54, 1.807) is 0 Å². The zero-order valence-corrected chi connectivity index (χ0v) is 9.88. The quantitative estimate of drug-likeness (QED) is 0.775. The average molecular weight is 207 g/mol. The molecule has 0 bridgehead atoms. The van der Waals surface area contributed by atoms with Gasteiger partial charge in [-0.1, -0.05) is 31.2 Å². The van der Waals surface area contributed by atoms with Gasteiger partial charge in [0, 0.05) is 12.1 Å². The second kappa shape index (κ2) is 5.29. The summed E-state index contributed by atoms with van der Waals surface area (Å²) in [6.07, 6.45) is 1.05. The molecule has 1 aromatic rings. The van der Waals surface area contributed by atoms with E-state index in [-0.39, 0.29) is 12.1 Å². The summed E-state index contributed by atoms with van der Waals surface area (Å²) in [5.41, 5.74) is 2.49. The van der Waals surface area contributed by atoms with E-state index in [0.29, 0.717) is 0 Å². The fourth-order valence-corrected chi connectivity index (χ4v) is 1.47. The van der Waals surface area contributed by atoms with Crippen LogP contribution in [-0.2, 0) is 13.0 Å². The van der Waals surface area contributed by atoms with Gasteiger partial charge in [0.25, 0.3) is 0 Å². The van der Waals surface area contributed by atoms with E-state index in [4.69, 9.17) is 5.11 Å². The number of hydrogen-bond donors (Lipinski definition) is 2. The minimum absolute atomic E-state index is 0.154. The van der Waals surface area contributed by atoms with Crippen molar-refractivity contribution < 1.29 is 5.11 Å². The second-order valence-electron chi connectivity index (χ2n) is 4.52. The Morgan fingerprint density at radius 1 is 1.20 bits per heavy atom. The smallest absolute Gasteiger partial charge is 0.0607 e. The van der Waals surface area contributed by atoms with Gasteiger partial charge in [0.15, 0.2) is 0 Å². The van der Waals surface area contributed by atoms with E-state index in [9.17, 15) is 0 Å². The van der Waals surface area contributed by atoms with E-state index in [1.807, 2.05) is 13.8 Å². The van der Waals surface area contributed by atoms with Crippen molar-refractivity contribution in [2.24, 2.45) is 0 Å². The third kappa shape index (κ3) is 3.65. The van der Waals surface area contributed by atoms with Crippen LogP contribution in [0.2, 0.25) is 0 Å². The zero-order valence-electron chi connectivity index (χ0n) is 9.88. The van der Waals surface area contributed by atoms with Gasteiger partial charge in [-0.3, -0.25) is 0 Å². The van der Waals surface area contributed by atoms with Gasteiger partial charge in [-0.15, -0.1) is 0 Å². The van der Waals surface area contributed by atoms with Crippen LogP contribution < -0.4 is 5.32 Å². The minimum Gasteiger partial charge on any atom is -0.394 e. The molecule has 0 saturated heterocycles. The highest BCUT2D eigenvalue weighted by Gasteiger charge is 2.15. The van der Waals surface area contributed by atoms with Crippen molar-refractivity contribution in [1.29, 1.82) is 0 Å². The van der Waals surface area contributed by atoms with E-state index < -0.39 is 0 Å². The number of nitrogens with one attached hydrogen (secondary N) is 1. The van der Waals surface area contributed by atoms with Crippen LogP contribution in [0.5, 0.6) is 0 Å².